The molecular formula is C20H23NO. The van der Waals surface area contributed by atoms with E-state index in [-0.39, 0.29) is 5.41 Å². The molecule has 0 fully saturated rings. The second-order valence-corrected chi connectivity index (χ2v) is 6.27. The minimum absolute atomic E-state index is 0.0442. The molecule has 0 bridgehead atoms. The van der Waals surface area contributed by atoms with Crippen molar-refractivity contribution in [2.45, 2.75) is 32.8 Å². The van der Waals surface area contributed by atoms with Gasteiger partial charge in [0.15, 0.2) is 0 Å². The van der Waals surface area contributed by atoms with E-state index in [4.69, 9.17) is 4.74 Å². The molecule has 0 saturated carbocycles. The first kappa shape index (κ1) is 14.7. The van der Waals surface area contributed by atoms with Crippen molar-refractivity contribution in [1.29, 1.82) is 0 Å². The maximum absolute atomic E-state index is 5.97. The Morgan fingerprint density at radius 3 is 2.50 bits per heavy atom. The average molecular weight is 293 g/mol. The van der Waals surface area contributed by atoms with Gasteiger partial charge in [-0.1, -0.05) is 50.8 Å². The van der Waals surface area contributed by atoms with Gasteiger partial charge in [0.1, 0.15) is 12.4 Å². The van der Waals surface area contributed by atoms with Crippen molar-refractivity contribution in [3.63, 3.8) is 0 Å². The van der Waals surface area contributed by atoms with Gasteiger partial charge in [-0.25, -0.2) is 0 Å². The number of rotatable bonds is 4. The lowest BCUT2D eigenvalue weighted by molar-refractivity contribution is 0.305. The van der Waals surface area contributed by atoms with E-state index in [1.165, 1.54) is 16.8 Å². The first-order valence-electron chi connectivity index (χ1n) is 7.82. The summed E-state index contributed by atoms with van der Waals surface area (Å²) >= 11 is 0. The number of hydrogen-bond acceptors (Lipinski definition) is 2. The molecule has 1 aliphatic rings. The lowest BCUT2D eigenvalue weighted by Crippen LogP contribution is -2.24. The van der Waals surface area contributed by atoms with Gasteiger partial charge in [0.2, 0.25) is 0 Å². The summed E-state index contributed by atoms with van der Waals surface area (Å²) in [6.45, 7) is 12.4. The molecule has 3 rings (SSSR count). The van der Waals surface area contributed by atoms with Gasteiger partial charge in [0.25, 0.3) is 0 Å². The number of ether oxygens (including phenoxy) is 1. The molecule has 0 aliphatic carbocycles. The van der Waals surface area contributed by atoms with Crippen LogP contribution in [0.1, 0.15) is 31.9 Å². The smallest absolute Gasteiger partial charge is 0.120 e. The van der Waals surface area contributed by atoms with Crippen LogP contribution in [0.2, 0.25) is 0 Å². The summed E-state index contributed by atoms with van der Waals surface area (Å²) in [7, 11) is 0. The van der Waals surface area contributed by atoms with Gasteiger partial charge in [0.05, 0.1) is 0 Å². The van der Waals surface area contributed by atoms with E-state index >= 15 is 0 Å². The van der Waals surface area contributed by atoms with E-state index in [2.05, 4.69) is 62.6 Å². The Balaban J connectivity index is 1.85. The highest BCUT2D eigenvalue weighted by Crippen LogP contribution is 2.47. The topological polar surface area (TPSA) is 12.5 Å². The molecule has 22 heavy (non-hydrogen) atoms. The van der Waals surface area contributed by atoms with Crippen LogP contribution < -0.4 is 9.64 Å². The van der Waals surface area contributed by atoms with E-state index < -0.39 is 0 Å². The summed E-state index contributed by atoms with van der Waals surface area (Å²) in [5.41, 5.74) is 4.85. The predicted octanol–water partition coefficient (Wildman–Crippen LogP) is 4.90. The quantitative estimate of drug-likeness (QED) is 0.795. The fraction of sp³-hybridized carbons (Fsp3) is 0.300. The molecule has 114 valence electrons. The number of likely N-dealkylation sites (N-methyl/N-ethyl adjacent to an activating group) is 1. The third-order valence-electron chi connectivity index (χ3n) is 4.54. The van der Waals surface area contributed by atoms with Crippen molar-refractivity contribution in [2.24, 2.45) is 0 Å². The first-order valence-corrected chi connectivity index (χ1v) is 7.82. The minimum Gasteiger partial charge on any atom is -0.489 e. The van der Waals surface area contributed by atoms with Crippen LogP contribution in [0.4, 0.5) is 5.69 Å². The second-order valence-electron chi connectivity index (χ2n) is 6.27. The Labute approximate surface area is 133 Å². The molecule has 2 nitrogen and oxygen atoms in total. The highest BCUT2D eigenvalue weighted by atomic mass is 16.5. The monoisotopic (exact) mass is 293 g/mol. The molecule has 1 aliphatic heterocycles. The zero-order chi connectivity index (χ0) is 15.7. The highest BCUT2D eigenvalue weighted by Gasteiger charge is 2.38. The molecule has 0 radical (unpaired) electrons. The Hall–Kier alpha value is -2.22. The third kappa shape index (κ3) is 2.39. The van der Waals surface area contributed by atoms with Crippen molar-refractivity contribution < 1.29 is 4.74 Å². The summed E-state index contributed by atoms with van der Waals surface area (Å²) in [4.78, 5) is 2.29. The number of anilines is 1. The minimum atomic E-state index is -0.0442. The van der Waals surface area contributed by atoms with Crippen molar-refractivity contribution in [2.75, 3.05) is 11.4 Å². The SMILES string of the molecule is C=C1N(CC)c2ccc(OCc3ccccc3)cc2C1(C)C. The van der Waals surface area contributed by atoms with Gasteiger partial charge >= 0.3 is 0 Å². The van der Waals surface area contributed by atoms with E-state index in [0.717, 1.165) is 18.0 Å². The van der Waals surface area contributed by atoms with Gasteiger partial charge < -0.3 is 9.64 Å². The summed E-state index contributed by atoms with van der Waals surface area (Å²) in [6, 6.07) is 16.6. The van der Waals surface area contributed by atoms with Crippen molar-refractivity contribution in [3.05, 3.63) is 71.9 Å². The molecule has 0 amide bonds. The summed E-state index contributed by atoms with van der Waals surface area (Å²) in [5.74, 6) is 0.918. The standard InChI is InChI=1S/C20H23NO/c1-5-21-15(2)20(3,4)18-13-17(11-12-19(18)21)22-14-16-9-7-6-8-10-16/h6-13H,2,5,14H2,1,3-4H3. The van der Waals surface area contributed by atoms with Gasteiger partial charge in [0, 0.05) is 23.3 Å². The lowest BCUT2D eigenvalue weighted by atomic mass is 9.84. The fourth-order valence-corrected chi connectivity index (χ4v) is 3.08. The molecule has 0 spiro atoms. The van der Waals surface area contributed by atoms with Crippen LogP contribution in [0.5, 0.6) is 5.75 Å². The first-order chi connectivity index (χ1) is 10.5. The number of hydrogen-bond donors (Lipinski definition) is 0. The molecule has 0 aromatic heterocycles. The Morgan fingerprint density at radius 1 is 1.09 bits per heavy atom. The average Bonchev–Trinajstić information content (AvgIpc) is 2.73. The Morgan fingerprint density at radius 2 is 1.82 bits per heavy atom. The molecule has 0 unspecified atom stereocenters. The number of nitrogens with zero attached hydrogens (tertiary/aromatic N) is 1. The van der Waals surface area contributed by atoms with E-state index in [1.807, 2.05) is 18.2 Å². The summed E-state index contributed by atoms with van der Waals surface area (Å²) in [6.07, 6.45) is 0. The molecule has 2 aromatic rings. The number of fused-ring (bicyclic) bond motifs is 1. The molecule has 2 aromatic carbocycles. The largest absolute Gasteiger partial charge is 0.489 e. The fourth-order valence-electron chi connectivity index (χ4n) is 3.08. The van der Waals surface area contributed by atoms with Crippen LogP contribution >= 0.6 is 0 Å². The Bertz CT molecular complexity index is 688. The Kier molecular flexibility index (Phi) is 3.69. The van der Waals surface area contributed by atoms with Crippen molar-refractivity contribution in [3.8, 4) is 5.75 Å². The maximum Gasteiger partial charge on any atom is 0.120 e. The van der Waals surface area contributed by atoms with Gasteiger partial charge in [-0.2, -0.15) is 0 Å². The van der Waals surface area contributed by atoms with Crippen LogP contribution in [-0.2, 0) is 12.0 Å². The molecule has 0 N–H and O–H groups in total. The maximum atomic E-state index is 5.97. The number of allylic oxidation sites excluding steroid dienone is 1. The van der Waals surface area contributed by atoms with Crippen molar-refractivity contribution >= 4 is 5.69 Å². The summed E-state index contributed by atoms with van der Waals surface area (Å²) < 4.78 is 5.97. The molecule has 2 heteroatoms. The van der Waals surface area contributed by atoms with Gasteiger partial charge in [-0.05, 0) is 36.2 Å². The lowest BCUT2D eigenvalue weighted by Gasteiger charge is -2.24. The predicted molar refractivity (Wildman–Crippen MR) is 92.4 cm³/mol. The molecular weight excluding hydrogens is 270 g/mol. The third-order valence-corrected chi connectivity index (χ3v) is 4.54. The molecule has 1 heterocycles. The van der Waals surface area contributed by atoms with Crippen LogP contribution in [-0.4, -0.2) is 6.54 Å². The van der Waals surface area contributed by atoms with Crippen LogP contribution in [0.25, 0.3) is 0 Å². The molecule has 0 saturated heterocycles. The van der Waals surface area contributed by atoms with Crippen molar-refractivity contribution in [1.82, 2.24) is 0 Å². The van der Waals surface area contributed by atoms with E-state index in [1.54, 1.807) is 0 Å². The van der Waals surface area contributed by atoms with E-state index in [0.29, 0.717) is 6.61 Å². The zero-order valence-corrected chi connectivity index (χ0v) is 13.6. The van der Waals surface area contributed by atoms with Crippen LogP contribution in [0, 0.1) is 0 Å². The van der Waals surface area contributed by atoms with Crippen LogP contribution in [0.15, 0.2) is 60.8 Å². The highest BCUT2D eigenvalue weighted by molar-refractivity contribution is 5.71. The van der Waals surface area contributed by atoms with Crippen LogP contribution in [0.3, 0.4) is 0 Å². The van der Waals surface area contributed by atoms with Gasteiger partial charge in [-0.3, -0.25) is 0 Å². The summed E-state index contributed by atoms with van der Waals surface area (Å²) in [5, 5.41) is 0. The zero-order valence-electron chi connectivity index (χ0n) is 13.6. The number of benzene rings is 2. The molecule has 0 atom stereocenters. The second kappa shape index (κ2) is 5.53. The van der Waals surface area contributed by atoms with E-state index in [9.17, 15) is 0 Å². The normalized spacial score (nSPS) is 15.8. The van der Waals surface area contributed by atoms with Gasteiger partial charge in [-0.15, -0.1) is 0 Å².